The molecule has 0 saturated heterocycles. The zero-order valence-electron chi connectivity index (χ0n) is 8.24. The summed E-state index contributed by atoms with van der Waals surface area (Å²) in [7, 11) is -6.51. The van der Waals surface area contributed by atoms with Crippen molar-refractivity contribution in [1.82, 2.24) is 4.72 Å². The van der Waals surface area contributed by atoms with Crippen molar-refractivity contribution in [3.05, 3.63) is 0 Å². The van der Waals surface area contributed by atoms with Gasteiger partial charge in [0.05, 0.1) is 6.26 Å². The zero-order valence-corrected chi connectivity index (χ0v) is 10.7. The average molecular weight is 272 g/mol. The summed E-state index contributed by atoms with van der Waals surface area (Å²) >= 11 is 0.955. The molecule has 0 amide bonds. The monoisotopic (exact) mass is 272 g/mol. The van der Waals surface area contributed by atoms with E-state index in [9.17, 15) is 16.8 Å². The topological polar surface area (TPSA) is 92.7 Å². The highest BCUT2D eigenvalue weighted by atomic mass is 32.3. The third-order valence-corrected chi connectivity index (χ3v) is 5.76. The number of nitrogens with zero attached hydrogens (tertiary/aromatic N) is 1. The first-order valence-corrected chi connectivity index (χ1v) is 8.71. The Morgan fingerprint density at radius 3 is 2.40 bits per heavy atom. The molecule has 15 heavy (non-hydrogen) atoms. The Bertz CT molecular complexity index is 453. The van der Waals surface area contributed by atoms with Gasteiger partial charge in [0.25, 0.3) is 0 Å². The van der Waals surface area contributed by atoms with Crippen LogP contribution in [0.5, 0.6) is 0 Å². The Kier molecular flexibility index (Phi) is 3.80. The summed E-state index contributed by atoms with van der Waals surface area (Å²) < 4.78 is 49.6. The highest BCUT2D eigenvalue weighted by molar-refractivity contribution is 8.12. The molecule has 0 aromatic rings. The van der Waals surface area contributed by atoms with Gasteiger partial charge in [-0.2, -0.15) is 0 Å². The maximum absolute atomic E-state index is 11.3. The van der Waals surface area contributed by atoms with E-state index >= 15 is 0 Å². The van der Waals surface area contributed by atoms with Crippen LogP contribution in [0.2, 0.25) is 0 Å². The Labute approximate surface area is 93.6 Å². The number of sulfone groups is 1. The van der Waals surface area contributed by atoms with E-state index < -0.39 is 30.4 Å². The summed E-state index contributed by atoms with van der Waals surface area (Å²) in [6.07, 6.45) is 3.61. The van der Waals surface area contributed by atoms with E-state index in [0.717, 1.165) is 24.5 Å². The van der Waals surface area contributed by atoms with Crippen molar-refractivity contribution in [2.45, 2.75) is 4.58 Å². The molecule has 1 aliphatic rings. The molecule has 0 bridgehead atoms. The molecular formula is C6H12N2O4S3. The molecule has 0 aromatic carbocycles. The van der Waals surface area contributed by atoms with Crippen LogP contribution in [0.15, 0.2) is 4.40 Å². The maximum Gasteiger partial charge on any atom is 0.208 e. The van der Waals surface area contributed by atoms with Crippen LogP contribution in [0.3, 0.4) is 0 Å². The van der Waals surface area contributed by atoms with E-state index in [0.29, 0.717) is 0 Å². The number of nitrogens with one attached hydrogen (secondary N) is 1. The molecule has 2 atom stereocenters. The Balaban J connectivity index is 2.67. The van der Waals surface area contributed by atoms with Crippen LogP contribution in [-0.4, -0.2) is 46.7 Å². The molecule has 0 spiro atoms. The second-order valence-corrected chi connectivity index (χ2v) is 8.57. The molecule has 1 rings (SSSR count). The minimum absolute atomic E-state index is 0.0626. The summed E-state index contributed by atoms with van der Waals surface area (Å²) in [5, 5.41) is 0. The lowest BCUT2D eigenvalue weighted by atomic mass is 10.2. The number of rotatable bonds is 4. The van der Waals surface area contributed by atoms with Gasteiger partial charge < -0.3 is 0 Å². The van der Waals surface area contributed by atoms with Crippen molar-refractivity contribution in [3.63, 3.8) is 0 Å². The van der Waals surface area contributed by atoms with Crippen LogP contribution in [0.25, 0.3) is 0 Å². The van der Waals surface area contributed by atoms with Crippen molar-refractivity contribution in [3.8, 4) is 0 Å². The second kappa shape index (κ2) is 4.40. The zero-order chi connectivity index (χ0) is 11.7. The normalized spacial score (nSPS) is 27.1. The van der Waals surface area contributed by atoms with Gasteiger partial charge in [0.15, 0.2) is 9.84 Å². The molecule has 6 nitrogen and oxygen atoms in total. The van der Waals surface area contributed by atoms with E-state index in [4.69, 9.17) is 0 Å². The molecule has 1 heterocycles. The van der Waals surface area contributed by atoms with Gasteiger partial charge in [-0.1, -0.05) is 0 Å². The predicted molar refractivity (Wildman–Crippen MR) is 61.1 cm³/mol. The summed E-state index contributed by atoms with van der Waals surface area (Å²) in [5.74, 6) is -0.403. The van der Waals surface area contributed by atoms with Gasteiger partial charge in [-0.3, -0.25) is 0 Å². The lowest BCUT2D eigenvalue weighted by Crippen LogP contribution is -2.35. The molecule has 9 heteroatoms. The quantitative estimate of drug-likeness (QED) is 0.680. The smallest absolute Gasteiger partial charge is 0.208 e. The van der Waals surface area contributed by atoms with E-state index in [1.807, 2.05) is 0 Å². The van der Waals surface area contributed by atoms with Gasteiger partial charge in [0.2, 0.25) is 10.0 Å². The molecular weight excluding hydrogens is 260 g/mol. The Hall–Kier alpha value is -0.120. The largest absolute Gasteiger partial charge is 0.228 e. The minimum Gasteiger partial charge on any atom is -0.228 e. The molecule has 1 N–H and O–H groups in total. The fourth-order valence-electron chi connectivity index (χ4n) is 1.11. The van der Waals surface area contributed by atoms with Gasteiger partial charge in [-0.25, -0.2) is 26.0 Å². The Morgan fingerprint density at radius 2 is 1.93 bits per heavy atom. The van der Waals surface area contributed by atoms with Crippen LogP contribution in [0.4, 0.5) is 0 Å². The lowest BCUT2D eigenvalue weighted by Gasteiger charge is -2.14. The molecule has 0 saturated carbocycles. The van der Waals surface area contributed by atoms with Gasteiger partial charge in [-0.15, -0.1) is 0 Å². The Morgan fingerprint density at radius 1 is 1.33 bits per heavy atom. The molecule has 88 valence electrons. The fourth-order valence-corrected chi connectivity index (χ4v) is 3.85. The second-order valence-electron chi connectivity index (χ2n) is 3.34. The van der Waals surface area contributed by atoms with Crippen LogP contribution in [0, 0.1) is 5.92 Å². The van der Waals surface area contributed by atoms with Gasteiger partial charge in [-0.05, 0) is 11.9 Å². The average Bonchev–Trinajstić information content (AvgIpc) is 2.45. The van der Waals surface area contributed by atoms with Crippen molar-refractivity contribution in [2.24, 2.45) is 10.3 Å². The van der Waals surface area contributed by atoms with Crippen LogP contribution < -0.4 is 4.72 Å². The van der Waals surface area contributed by atoms with Crippen molar-refractivity contribution < 1.29 is 16.8 Å². The predicted octanol–water partition coefficient (Wildman–Crippen LogP) is -0.745. The van der Waals surface area contributed by atoms with Crippen molar-refractivity contribution >= 4 is 38.0 Å². The summed E-state index contributed by atoms with van der Waals surface area (Å²) in [6, 6.07) is 0. The molecule has 1 aliphatic heterocycles. The lowest BCUT2D eigenvalue weighted by molar-refractivity contribution is 0.570. The third kappa shape index (κ3) is 4.09. The van der Waals surface area contributed by atoms with E-state index in [1.165, 1.54) is 6.21 Å². The SMILES string of the molecule is CS(=O)(=O)NCC1C=NSC1S(C)(=O)=O. The first-order chi connectivity index (χ1) is 6.70. The third-order valence-electron chi connectivity index (χ3n) is 1.77. The van der Waals surface area contributed by atoms with Gasteiger partial charge in [0, 0.05) is 24.9 Å². The standard InChI is InChI=1S/C6H12N2O4S3/c1-14(9,10)6-5(3-7-13-6)4-8-15(2,11)12/h3,5-6,8H,4H2,1-2H3. The minimum atomic E-state index is -3.30. The fraction of sp³-hybridized carbons (Fsp3) is 0.833. The molecule has 0 radical (unpaired) electrons. The summed E-state index contributed by atoms with van der Waals surface area (Å²) in [4.78, 5) is 0. The molecule has 0 aromatic heterocycles. The first-order valence-electron chi connectivity index (χ1n) is 4.03. The van der Waals surface area contributed by atoms with Crippen molar-refractivity contribution in [1.29, 1.82) is 0 Å². The summed E-state index contributed by atoms with van der Waals surface area (Å²) in [6.45, 7) is 0.0626. The number of hydrogen-bond acceptors (Lipinski definition) is 6. The van der Waals surface area contributed by atoms with E-state index in [-0.39, 0.29) is 6.54 Å². The highest BCUT2D eigenvalue weighted by Crippen LogP contribution is 2.30. The van der Waals surface area contributed by atoms with Crippen LogP contribution in [-0.2, 0) is 19.9 Å². The molecule has 0 fully saturated rings. The highest BCUT2D eigenvalue weighted by Gasteiger charge is 2.34. The van der Waals surface area contributed by atoms with Crippen LogP contribution >= 0.6 is 11.9 Å². The van der Waals surface area contributed by atoms with Gasteiger partial charge >= 0.3 is 0 Å². The van der Waals surface area contributed by atoms with Crippen LogP contribution in [0.1, 0.15) is 0 Å². The molecule has 2 unspecified atom stereocenters. The number of sulfonamides is 1. The maximum atomic E-state index is 11.3. The van der Waals surface area contributed by atoms with E-state index in [2.05, 4.69) is 9.12 Å². The summed E-state index contributed by atoms with van der Waals surface area (Å²) in [5.41, 5.74) is 0. The first kappa shape index (κ1) is 12.9. The molecule has 0 aliphatic carbocycles. The van der Waals surface area contributed by atoms with E-state index in [1.54, 1.807) is 0 Å². The number of hydrogen-bond donors (Lipinski definition) is 1. The van der Waals surface area contributed by atoms with Crippen molar-refractivity contribution in [2.75, 3.05) is 19.1 Å². The van der Waals surface area contributed by atoms with Gasteiger partial charge in [0.1, 0.15) is 4.58 Å².